The fourth-order valence-electron chi connectivity index (χ4n) is 2.15. The third kappa shape index (κ3) is 4.05. The first kappa shape index (κ1) is 16.0. The second kappa shape index (κ2) is 7.56. The minimum absolute atomic E-state index is 0.0467. The second-order valence-corrected chi connectivity index (χ2v) is 4.83. The first-order valence-corrected chi connectivity index (χ1v) is 6.93. The van der Waals surface area contributed by atoms with Gasteiger partial charge < -0.3 is 15.2 Å². The Bertz CT molecular complexity index is 645. The van der Waals surface area contributed by atoms with Gasteiger partial charge in [-0.2, -0.15) is 0 Å². The number of ether oxygens (including phenoxy) is 1. The fourth-order valence-corrected chi connectivity index (χ4v) is 2.15. The van der Waals surface area contributed by atoms with Crippen LogP contribution in [-0.2, 0) is 11.2 Å². The summed E-state index contributed by atoms with van der Waals surface area (Å²) in [6, 6.07) is 13.2. The van der Waals surface area contributed by atoms with E-state index in [9.17, 15) is 14.3 Å². The molecule has 1 atom stereocenters. The number of benzene rings is 2. The van der Waals surface area contributed by atoms with Gasteiger partial charge in [0, 0.05) is 17.7 Å². The highest BCUT2D eigenvalue weighted by atomic mass is 19.1. The Labute approximate surface area is 128 Å². The van der Waals surface area contributed by atoms with Gasteiger partial charge in [0.25, 0.3) is 0 Å². The predicted molar refractivity (Wildman–Crippen MR) is 81.1 cm³/mol. The molecular formula is C17H18FNO3. The Morgan fingerprint density at radius 1 is 1.23 bits per heavy atom. The van der Waals surface area contributed by atoms with E-state index >= 15 is 0 Å². The van der Waals surface area contributed by atoms with E-state index in [1.54, 1.807) is 31.4 Å². The number of hydrogen-bond acceptors (Lipinski definition) is 3. The molecule has 0 aliphatic rings. The zero-order valence-electron chi connectivity index (χ0n) is 12.3. The molecule has 5 heteroatoms. The zero-order chi connectivity index (χ0) is 15.9. The molecule has 116 valence electrons. The molecule has 22 heavy (non-hydrogen) atoms. The Kier molecular flexibility index (Phi) is 5.49. The molecule has 0 fully saturated rings. The van der Waals surface area contributed by atoms with Crippen molar-refractivity contribution in [2.75, 3.05) is 13.7 Å². The molecule has 2 rings (SSSR count). The van der Waals surface area contributed by atoms with Gasteiger partial charge in [-0.25, -0.2) is 4.39 Å². The molecule has 0 aliphatic carbocycles. The summed E-state index contributed by atoms with van der Waals surface area (Å²) in [5.74, 6) is -0.124. The number of halogens is 1. The van der Waals surface area contributed by atoms with Gasteiger partial charge in [-0.15, -0.1) is 0 Å². The summed E-state index contributed by atoms with van der Waals surface area (Å²) in [5, 5.41) is 12.5. The number of aliphatic hydroxyl groups excluding tert-OH is 1. The lowest BCUT2D eigenvalue weighted by Gasteiger charge is -2.13. The maximum absolute atomic E-state index is 13.5. The van der Waals surface area contributed by atoms with E-state index in [1.807, 2.05) is 12.1 Å². The van der Waals surface area contributed by atoms with Crippen LogP contribution in [0, 0.1) is 5.82 Å². The van der Waals surface area contributed by atoms with Crippen molar-refractivity contribution in [1.29, 1.82) is 0 Å². The van der Waals surface area contributed by atoms with Crippen molar-refractivity contribution in [3.05, 3.63) is 65.5 Å². The minimum Gasteiger partial charge on any atom is -0.496 e. The first-order chi connectivity index (χ1) is 10.6. The van der Waals surface area contributed by atoms with Gasteiger partial charge in [-0.1, -0.05) is 36.4 Å². The van der Waals surface area contributed by atoms with Crippen LogP contribution < -0.4 is 10.1 Å². The smallest absolute Gasteiger partial charge is 0.224 e. The normalized spacial score (nSPS) is 11.8. The fraction of sp³-hybridized carbons (Fsp3) is 0.235. The SMILES string of the molecule is COc1ccccc1CC(=O)NCC(O)c1ccccc1F. The summed E-state index contributed by atoms with van der Waals surface area (Å²) in [4.78, 5) is 11.9. The van der Waals surface area contributed by atoms with E-state index in [4.69, 9.17) is 4.74 Å². The van der Waals surface area contributed by atoms with E-state index in [0.717, 1.165) is 5.56 Å². The van der Waals surface area contributed by atoms with Crippen molar-refractivity contribution < 1.29 is 19.0 Å². The van der Waals surface area contributed by atoms with Crippen molar-refractivity contribution in [2.24, 2.45) is 0 Å². The number of carbonyl (C=O) groups is 1. The molecule has 1 unspecified atom stereocenters. The van der Waals surface area contributed by atoms with Crippen LogP contribution in [0.4, 0.5) is 4.39 Å². The van der Waals surface area contributed by atoms with Gasteiger partial charge in [0.15, 0.2) is 0 Å². The summed E-state index contributed by atoms with van der Waals surface area (Å²) in [5.41, 5.74) is 0.919. The van der Waals surface area contributed by atoms with E-state index < -0.39 is 11.9 Å². The monoisotopic (exact) mass is 303 g/mol. The third-order valence-electron chi connectivity index (χ3n) is 3.30. The van der Waals surface area contributed by atoms with Crippen LogP contribution in [0.2, 0.25) is 0 Å². The quantitative estimate of drug-likeness (QED) is 0.860. The highest BCUT2D eigenvalue weighted by Crippen LogP contribution is 2.18. The molecule has 1 amide bonds. The van der Waals surface area contributed by atoms with Crippen LogP contribution in [0.1, 0.15) is 17.2 Å². The Morgan fingerprint density at radius 2 is 1.91 bits per heavy atom. The molecule has 0 saturated carbocycles. The molecule has 0 saturated heterocycles. The summed E-state index contributed by atoms with van der Waals surface area (Å²) >= 11 is 0. The zero-order valence-corrected chi connectivity index (χ0v) is 12.3. The number of rotatable bonds is 6. The molecule has 0 spiro atoms. The molecule has 0 aromatic heterocycles. The largest absolute Gasteiger partial charge is 0.496 e. The number of para-hydroxylation sites is 1. The number of hydrogen-bond donors (Lipinski definition) is 2. The van der Waals surface area contributed by atoms with Crippen molar-refractivity contribution in [1.82, 2.24) is 5.32 Å². The number of amides is 1. The molecule has 0 aliphatic heterocycles. The van der Waals surface area contributed by atoms with E-state index in [-0.39, 0.29) is 24.4 Å². The predicted octanol–water partition coefficient (Wildman–Crippen LogP) is 2.23. The molecule has 0 heterocycles. The lowest BCUT2D eigenvalue weighted by molar-refractivity contribution is -0.120. The molecule has 0 radical (unpaired) electrons. The molecule has 2 aromatic carbocycles. The van der Waals surface area contributed by atoms with Gasteiger partial charge >= 0.3 is 0 Å². The number of methoxy groups -OCH3 is 1. The maximum atomic E-state index is 13.5. The number of carbonyl (C=O) groups excluding carboxylic acids is 1. The highest BCUT2D eigenvalue weighted by molar-refractivity contribution is 5.79. The first-order valence-electron chi connectivity index (χ1n) is 6.93. The van der Waals surface area contributed by atoms with Crippen LogP contribution in [0.25, 0.3) is 0 Å². The van der Waals surface area contributed by atoms with Gasteiger partial charge in [-0.05, 0) is 12.1 Å². The average molecular weight is 303 g/mol. The van der Waals surface area contributed by atoms with Crippen LogP contribution in [0.15, 0.2) is 48.5 Å². The minimum atomic E-state index is -1.08. The topological polar surface area (TPSA) is 58.6 Å². The standard InChI is InChI=1S/C17H18FNO3/c1-22-16-9-5-2-6-12(16)10-17(21)19-11-15(20)13-7-3-4-8-14(13)18/h2-9,15,20H,10-11H2,1H3,(H,19,21). The van der Waals surface area contributed by atoms with Crippen molar-refractivity contribution in [3.63, 3.8) is 0 Å². The van der Waals surface area contributed by atoms with Crippen molar-refractivity contribution in [3.8, 4) is 5.75 Å². The highest BCUT2D eigenvalue weighted by Gasteiger charge is 2.14. The Balaban J connectivity index is 1.92. The molecular weight excluding hydrogens is 285 g/mol. The van der Waals surface area contributed by atoms with Crippen LogP contribution in [-0.4, -0.2) is 24.7 Å². The van der Waals surface area contributed by atoms with Gasteiger partial charge in [0.1, 0.15) is 11.6 Å². The Hall–Kier alpha value is -2.40. The molecule has 2 N–H and O–H groups in total. The number of nitrogens with one attached hydrogen (secondary N) is 1. The maximum Gasteiger partial charge on any atom is 0.224 e. The summed E-state index contributed by atoms with van der Waals surface area (Å²) in [6.07, 6.45) is -0.948. The van der Waals surface area contributed by atoms with Gasteiger partial charge in [-0.3, -0.25) is 4.79 Å². The molecule has 0 bridgehead atoms. The van der Waals surface area contributed by atoms with Gasteiger partial charge in [0.2, 0.25) is 5.91 Å². The van der Waals surface area contributed by atoms with Gasteiger partial charge in [0.05, 0.1) is 19.6 Å². The summed E-state index contributed by atoms with van der Waals surface area (Å²) in [6.45, 7) is -0.0467. The van der Waals surface area contributed by atoms with Crippen LogP contribution in [0.3, 0.4) is 0 Å². The van der Waals surface area contributed by atoms with Crippen molar-refractivity contribution in [2.45, 2.75) is 12.5 Å². The van der Waals surface area contributed by atoms with E-state index in [2.05, 4.69) is 5.32 Å². The van der Waals surface area contributed by atoms with Crippen LogP contribution in [0.5, 0.6) is 5.75 Å². The number of aliphatic hydroxyl groups is 1. The van der Waals surface area contributed by atoms with E-state index in [1.165, 1.54) is 12.1 Å². The molecule has 2 aromatic rings. The second-order valence-electron chi connectivity index (χ2n) is 4.83. The lowest BCUT2D eigenvalue weighted by Crippen LogP contribution is -2.30. The van der Waals surface area contributed by atoms with Crippen LogP contribution >= 0.6 is 0 Å². The summed E-state index contributed by atoms with van der Waals surface area (Å²) < 4.78 is 18.7. The third-order valence-corrected chi connectivity index (χ3v) is 3.30. The average Bonchev–Trinajstić information content (AvgIpc) is 2.53. The molecule has 4 nitrogen and oxygen atoms in total. The summed E-state index contributed by atoms with van der Waals surface area (Å²) in [7, 11) is 1.54. The van der Waals surface area contributed by atoms with Crippen molar-refractivity contribution >= 4 is 5.91 Å². The Morgan fingerprint density at radius 3 is 2.64 bits per heavy atom. The van der Waals surface area contributed by atoms with E-state index in [0.29, 0.717) is 5.75 Å². The lowest BCUT2D eigenvalue weighted by atomic mass is 10.1.